The molecular weight excluding hydrogens is 246 g/mol. The smallest absolute Gasteiger partial charge is 0.309 e. The normalized spacial score (nSPS) is 10.4. The van der Waals surface area contributed by atoms with E-state index in [1.807, 2.05) is 6.92 Å². The van der Waals surface area contributed by atoms with Gasteiger partial charge in [-0.05, 0) is 6.42 Å². The van der Waals surface area contributed by atoms with Crippen molar-refractivity contribution in [3.63, 3.8) is 0 Å². The van der Waals surface area contributed by atoms with Gasteiger partial charge >= 0.3 is 5.97 Å². The third kappa shape index (κ3) is 4.77. The van der Waals surface area contributed by atoms with Gasteiger partial charge in [0.2, 0.25) is 11.4 Å². The Bertz CT molecular complexity index is 432. The molecule has 1 aromatic heterocycles. The van der Waals surface area contributed by atoms with Gasteiger partial charge in [-0.2, -0.15) is 4.57 Å². The van der Waals surface area contributed by atoms with Crippen LogP contribution < -0.4 is 9.30 Å². The Morgan fingerprint density at radius 2 is 2.16 bits per heavy atom. The van der Waals surface area contributed by atoms with Gasteiger partial charge in [0, 0.05) is 13.0 Å². The van der Waals surface area contributed by atoms with Crippen LogP contribution in [-0.4, -0.2) is 22.8 Å². The number of aromatic hydroxyl groups is 1. The number of carboxylic acids is 1. The van der Waals surface area contributed by atoms with Crippen molar-refractivity contribution in [1.82, 2.24) is 0 Å². The number of carboxylic acid groups (broad SMARTS) is 1. The van der Waals surface area contributed by atoms with Crippen LogP contribution in [0.25, 0.3) is 0 Å². The molecule has 5 nitrogen and oxygen atoms in total. The number of hydrogen-bond donors (Lipinski definition) is 2. The van der Waals surface area contributed by atoms with Crippen molar-refractivity contribution in [2.45, 2.75) is 46.1 Å². The van der Waals surface area contributed by atoms with E-state index in [0.717, 1.165) is 25.0 Å². The predicted molar refractivity (Wildman–Crippen MR) is 70.3 cm³/mol. The summed E-state index contributed by atoms with van der Waals surface area (Å²) >= 11 is 0. The van der Waals surface area contributed by atoms with Gasteiger partial charge in [-0.15, -0.1) is 0 Å². The molecule has 19 heavy (non-hydrogen) atoms. The fraction of sp³-hybridized carbons (Fsp3) is 0.571. The molecule has 0 fully saturated rings. The van der Waals surface area contributed by atoms with Crippen molar-refractivity contribution in [3.8, 4) is 11.5 Å². The first kappa shape index (κ1) is 15.3. The highest BCUT2D eigenvalue weighted by atomic mass is 16.5. The number of ether oxygens (including phenoxy) is 1. The molecule has 0 saturated heterocycles. The van der Waals surface area contributed by atoms with E-state index in [0.29, 0.717) is 18.9 Å². The molecule has 0 bridgehead atoms. The molecule has 0 aliphatic rings. The second-order valence-corrected chi connectivity index (χ2v) is 4.51. The molecular formula is C14H22NO4+. The molecule has 0 atom stereocenters. The topological polar surface area (TPSA) is 70.6 Å². The van der Waals surface area contributed by atoms with Crippen molar-refractivity contribution in [2.24, 2.45) is 0 Å². The molecule has 1 rings (SSSR count). The fourth-order valence-electron chi connectivity index (χ4n) is 1.83. The molecule has 2 N–H and O–H groups in total. The minimum atomic E-state index is -0.842. The van der Waals surface area contributed by atoms with Crippen LogP contribution >= 0.6 is 0 Å². The third-order valence-corrected chi connectivity index (χ3v) is 2.97. The lowest BCUT2D eigenvalue weighted by Crippen LogP contribution is -2.38. The van der Waals surface area contributed by atoms with Crippen molar-refractivity contribution < 1.29 is 24.3 Å². The molecule has 1 heterocycles. The first-order valence-corrected chi connectivity index (χ1v) is 6.62. The summed E-state index contributed by atoms with van der Waals surface area (Å²) in [5.41, 5.74) is 0.748. The molecule has 0 aliphatic heterocycles. The molecule has 0 saturated carbocycles. The largest absolute Gasteiger partial charge is 0.504 e. The van der Waals surface area contributed by atoms with Crippen molar-refractivity contribution in [2.75, 3.05) is 6.61 Å². The lowest BCUT2D eigenvalue weighted by Gasteiger charge is -2.09. The molecule has 0 radical (unpaired) electrons. The Balaban J connectivity index is 2.73. The summed E-state index contributed by atoms with van der Waals surface area (Å²) in [6.45, 7) is 4.86. The zero-order valence-electron chi connectivity index (χ0n) is 11.6. The third-order valence-electron chi connectivity index (χ3n) is 2.97. The molecule has 0 aliphatic carbocycles. The van der Waals surface area contributed by atoms with Crippen LogP contribution in [0.1, 0.15) is 38.3 Å². The number of unbranched alkanes of at least 4 members (excludes halogenated alkanes) is 2. The van der Waals surface area contributed by atoms with E-state index >= 15 is 0 Å². The number of hydrogen-bond acceptors (Lipinski definition) is 3. The maximum atomic E-state index is 10.6. The highest BCUT2D eigenvalue weighted by Crippen LogP contribution is 2.27. The first-order valence-electron chi connectivity index (χ1n) is 6.62. The zero-order chi connectivity index (χ0) is 14.3. The van der Waals surface area contributed by atoms with E-state index in [2.05, 4.69) is 6.92 Å². The summed E-state index contributed by atoms with van der Waals surface area (Å²) in [5.74, 6) is -0.296. The number of pyridine rings is 1. The second kappa shape index (κ2) is 7.61. The molecule has 5 heteroatoms. The average molecular weight is 268 g/mol. The molecule has 1 aromatic rings. The average Bonchev–Trinajstić information content (AvgIpc) is 2.36. The number of nitrogens with zero attached hydrogens (tertiary/aromatic N) is 1. The van der Waals surface area contributed by atoms with Crippen molar-refractivity contribution in [3.05, 3.63) is 18.0 Å². The number of carbonyl (C=O) groups is 1. The highest BCUT2D eigenvalue weighted by molar-refractivity contribution is 5.66. The number of aryl methyl sites for hydroxylation is 1. The molecule has 0 spiro atoms. The minimum absolute atomic E-state index is 0.0472. The minimum Gasteiger partial charge on any atom is -0.504 e. The number of aromatic nitrogens is 1. The summed E-state index contributed by atoms with van der Waals surface area (Å²) in [5, 5.41) is 18.5. The Labute approximate surface area is 113 Å². The summed E-state index contributed by atoms with van der Waals surface area (Å²) in [4.78, 5) is 10.6. The van der Waals surface area contributed by atoms with Crippen LogP contribution in [0.15, 0.2) is 12.3 Å². The van der Waals surface area contributed by atoms with Crippen LogP contribution in [0, 0.1) is 6.92 Å². The van der Waals surface area contributed by atoms with Gasteiger partial charge in [0.15, 0.2) is 18.5 Å². The van der Waals surface area contributed by atoms with E-state index in [9.17, 15) is 9.90 Å². The molecule has 0 unspecified atom stereocenters. The Kier molecular flexibility index (Phi) is 6.12. The standard InChI is InChI=1S/C14H21NO4/c1-3-4-5-10-19-14-11(2)15(8-6-12(14)16)9-7-13(17)18/h6,8H,3-5,7,9-10H2,1-2H3,(H,17,18)/p+1. The van der Waals surface area contributed by atoms with Crippen LogP contribution in [0.5, 0.6) is 11.5 Å². The lowest BCUT2D eigenvalue weighted by atomic mass is 10.2. The molecule has 0 aromatic carbocycles. The fourth-order valence-corrected chi connectivity index (χ4v) is 1.83. The second-order valence-electron chi connectivity index (χ2n) is 4.51. The summed E-state index contributed by atoms with van der Waals surface area (Å²) < 4.78 is 7.38. The van der Waals surface area contributed by atoms with Gasteiger partial charge in [0.25, 0.3) is 0 Å². The van der Waals surface area contributed by atoms with E-state index < -0.39 is 5.97 Å². The maximum Gasteiger partial charge on any atom is 0.309 e. The first-order chi connectivity index (χ1) is 9.06. The van der Waals surface area contributed by atoms with E-state index in [4.69, 9.17) is 9.84 Å². The van der Waals surface area contributed by atoms with E-state index in [1.165, 1.54) is 6.07 Å². The van der Waals surface area contributed by atoms with Gasteiger partial charge < -0.3 is 14.9 Å². The van der Waals surface area contributed by atoms with Crippen LogP contribution in [-0.2, 0) is 11.3 Å². The number of aliphatic carboxylic acids is 1. The van der Waals surface area contributed by atoms with Gasteiger partial charge in [0.1, 0.15) is 6.42 Å². The van der Waals surface area contributed by atoms with Crippen molar-refractivity contribution in [1.29, 1.82) is 0 Å². The maximum absolute atomic E-state index is 10.6. The summed E-state index contributed by atoms with van der Waals surface area (Å²) in [7, 11) is 0. The zero-order valence-corrected chi connectivity index (χ0v) is 11.6. The Morgan fingerprint density at radius 1 is 1.42 bits per heavy atom. The van der Waals surface area contributed by atoms with Crippen LogP contribution in [0.4, 0.5) is 0 Å². The lowest BCUT2D eigenvalue weighted by molar-refractivity contribution is -0.702. The van der Waals surface area contributed by atoms with Gasteiger partial charge in [-0.1, -0.05) is 19.8 Å². The summed E-state index contributed by atoms with van der Waals surface area (Å²) in [6.07, 6.45) is 4.87. The predicted octanol–water partition coefficient (Wildman–Crippen LogP) is 2.03. The van der Waals surface area contributed by atoms with Gasteiger partial charge in [-0.3, -0.25) is 4.79 Å². The van der Waals surface area contributed by atoms with Crippen LogP contribution in [0.3, 0.4) is 0 Å². The molecule has 106 valence electrons. The molecule has 0 amide bonds. The monoisotopic (exact) mass is 268 g/mol. The Hall–Kier alpha value is -1.78. The summed E-state index contributed by atoms with van der Waals surface area (Å²) in [6, 6.07) is 1.53. The SMILES string of the molecule is CCCCCOc1c(O)cc[n+](CCC(=O)O)c1C. The quantitative estimate of drug-likeness (QED) is 0.559. The van der Waals surface area contributed by atoms with Crippen LogP contribution in [0.2, 0.25) is 0 Å². The van der Waals surface area contributed by atoms with Crippen molar-refractivity contribution >= 4 is 5.97 Å². The van der Waals surface area contributed by atoms with Gasteiger partial charge in [0.05, 0.1) is 6.61 Å². The van der Waals surface area contributed by atoms with E-state index in [-0.39, 0.29) is 12.2 Å². The van der Waals surface area contributed by atoms with E-state index in [1.54, 1.807) is 10.8 Å². The number of rotatable bonds is 8. The highest BCUT2D eigenvalue weighted by Gasteiger charge is 2.18. The van der Waals surface area contributed by atoms with Gasteiger partial charge in [-0.25, -0.2) is 0 Å². The Morgan fingerprint density at radius 3 is 2.79 bits per heavy atom.